The van der Waals surface area contributed by atoms with Gasteiger partial charge in [-0.25, -0.2) is 9.78 Å². The van der Waals surface area contributed by atoms with Gasteiger partial charge in [0.15, 0.2) is 0 Å². The summed E-state index contributed by atoms with van der Waals surface area (Å²) in [4.78, 5) is 26.2. The number of amides is 1. The number of carboxylic acids is 1. The van der Waals surface area contributed by atoms with E-state index in [1.54, 1.807) is 6.92 Å². The average molecular weight is 249 g/mol. The van der Waals surface area contributed by atoms with Crippen molar-refractivity contribution in [1.82, 2.24) is 10.3 Å². The topological polar surface area (TPSA) is 91.3 Å². The first kappa shape index (κ1) is 12.3. The summed E-state index contributed by atoms with van der Waals surface area (Å²) >= 11 is 0. The summed E-state index contributed by atoms with van der Waals surface area (Å²) < 4.78 is 0. The van der Waals surface area contributed by atoms with E-state index in [9.17, 15) is 9.59 Å². The SMILES string of the molecule is Cc1cc(C(=O)O)cc(NC2CCC(=O)NC2)n1. The van der Waals surface area contributed by atoms with E-state index < -0.39 is 5.97 Å². The number of carbonyl (C=O) groups is 2. The number of anilines is 1. The van der Waals surface area contributed by atoms with Crippen molar-refractivity contribution < 1.29 is 14.7 Å². The molecule has 6 nitrogen and oxygen atoms in total. The maximum absolute atomic E-state index is 11.0. The molecule has 96 valence electrons. The van der Waals surface area contributed by atoms with Gasteiger partial charge in [0.05, 0.1) is 5.56 Å². The summed E-state index contributed by atoms with van der Waals surface area (Å²) in [5.74, 6) is -0.384. The summed E-state index contributed by atoms with van der Waals surface area (Å²) in [6, 6.07) is 3.13. The Bertz CT molecular complexity index is 477. The van der Waals surface area contributed by atoms with Gasteiger partial charge in [-0.05, 0) is 25.5 Å². The van der Waals surface area contributed by atoms with Crippen LogP contribution in [-0.2, 0) is 4.79 Å². The number of hydrogen-bond donors (Lipinski definition) is 3. The summed E-state index contributed by atoms with van der Waals surface area (Å²) in [5.41, 5.74) is 0.863. The third kappa shape index (κ3) is 2.97. The maximum atomic E-state index is 11.0. The van der Waals surface area contributed by atoms with Gasteiger partial charge in [-0.3, -0.25) is 4.79 Å². The standard InChI is InChI=1S/C12H15N3O3/c1-7-4-8(12(17)18)5-10(14-7)15-9-2-3-11(16)13-6-9/h4-5,9H,2-3,6H2,1H3,(H,13,16)(H,14,15)(H,17,18). The monoisotopic (exact) mass is 249 g/mol. The van der Waals surface area contributed by atoms with Crippen molar-refractivity contribution in [3.05, 3.63) is 23.4 Å². The molecule has 1 fully saturated rings. The highest BCUT2D eigenvalue weighted by Gasteiger charge is 2.18. The molecular weight excluding hydrogens is 234 g/mol. The minimum absolute atomic E-state index is 0.0523. The van der Waals surface area contributed by atoms with E-state index in [0.717, 1.165) is 6.42 Å². The van der Waals surface area contributed by atoms with Gasteiger partial charge < -0.3 is 15.7 Å². The molecule has 1 aliphatic heterocycles. The van der Waals surface area contributed by atoms with Crippen LogP contribution in [0.25, 0.3) is 0 Å². The van der Waals surface area contributed by atoms with E-state index in [1.165, 1.54) is 12.1 Å². The molecule has 1 saturated heterocycles. The molecule has 1 aromatic heterocycles. The van der Waals surface area contributed by atoms with Crippen LogP contribution in [0.2, 0.25) is 0 Å². The normalized spacial score (nSPS) is 19.2. The van der Waals surface area contributed by atoms with Crippen molar-refractivity contribution in [3.8, 4) is 0 Å². The second-order valence-corrected chi connectivity index (χ2v) is 4.37. The summed E-state index contributed by atoms with van der Waals surface area (Å²) in [6.45, 7) is 2.29. The third-order valence-electron chi connectivity index (χ3n) is 2.82. The van der Waals surface area contributed by atoms with Crippen molar-refractivity contribution in [2.45, 2.75) is 25.8 Å². The molecule has 6 heteroatoms. The Balaban J connectivity index is 2.09. The van der Waals surface area contributed by atoms with Crippen molar-refractivity contribution in [2.24, 2.45) is 0 Å². The Kier molecular flexibility index (Phi) is 3.45. The highest BCUT2D eigenvalue weighted by Crippen LogP contribution is 2.14. The minimum Gasteiger partial charge on any atom is -0.478 e. The fourth-order valence-corrected chi connectivity index (χ4v) is 1.93. The molecule has 1 aliphatic rings. The second-order valence-electron chi connectivity index (χ2n) is 4.37. The number of aromatic carboxylic acids is 1. The number of rotatable bonds is 3. The van der Waals surface area contributed by atoms with E-state index in [0.29, 0.717) is 24.5 Å². The third-order valence-corrected chi connectivity index (χ3v) is 2.82. The molecule has 2 rings (SSSR count). The van der Waals surface area contributed by atoms with Crippen LogP contribution >= 0.6 is 0 Å². The fraction of sp³-hybridized carbons (Fsp3) is 0.417. The molecule has 0 saturated carbocycles. The molecule has 0 spiro atoms. The van der Waals surface area contributed by atoms with Crippen LogP contribution in [0.15, 0.2) is 12.1 Å². The molecule has 3 N–H and O–H groups in total. The van der Waals surface area contributed by atoms with Crippen LogP contribution in [0.4, 0.5) is 5.82 Å². The van der Waals surface area contributed by atoms with Gasteiger partial charge >= 0.3 is 5.97 Å². The Morgan fingerprint density at radius 2 is 2.33 bits per heavy atom. The lowest BCUT2D eigenvalue weighted by Crippen LogP contribution is -2.42. The molecule has 0 aromatic carbocycles. The number of pyridine rings is 1. The van der Waals surface area contributed by atoms with Crippen LogP contribution in [0, 0.1) is 6.92 Å². The number of nitrogens with one attached hydrogen (secondary N) is 2. The molecular formula is C12H15N3O3. The average Bonchev–Trinajstić information content (AvgIpc) is 2.31. The molecule has 1 atom stereocenters. The van der Waals surface area contributed by atoms with Gasteiger partial charge in [0, 0.05) is 24.7 Å². The lowest BCUT2D eigenvalue weighted by atomic mass is 10.1. The summed E-state index contributed by atoms with van der Waals surface area (Å²) in [5, 5.41) is 14.9. The number of nitrogens with zero attached hydrogens (tertiary/aromatic N) is 1. The number of carboxylic acid groups (broad SMARTS) is 1. The largest absolute Gasteiger partial charge is 0.478 e. The predicted molar refractivity (Wildman–Crippen MR) is 65.6 cm³/mol. The van der Waals surface area contributed by atoms with E-state index >= 15 is 0 Å². The molecule has 0 radical (unpaired) electrons. The van der Waals surface area contributed by atoms with Crippen molar-refractivity contribution in [2.75, 3.05) is 11.9 Å². The first-order valence-electron chi connectivity index (χ1n) is 5.80. The van der Waals surface area contributed by atoms with Crippen LogP contribution in [0.1, 0.15) is 28.9 Å². The minimum atomic E-state index is -0.972. The van der Waals surface area contributed by atoms with Crippen LogP contribution in [0.5, 0.6) is 0 Å². The highest BCUT2D eigenvalue weighted by molar-refractivity contribution is 5.88. The Morgan fingerprint density at radius 3 is 2.94 bits per heavy atom. The molecule has 0 bridgehead atoms. The second kappa shape index (κ2) is 5.03. The summed E-state index contributed by atoms with van der Waals surface area (Å²) in [7, 11) is 0. The molecule has 18 heavy (non-hydrogen) atoms. The van der Waals surface area contributed by atoms with Crippen molar-refractivity contribution in [3.63, 3.8) is 0 Å². The zero-order valence-corrected chi connectivity index (χ0v) is 10.1. The molecule has 1 amide bonds. The summed E-state index contributed by atoms with van der Waals surface area (Å²) in [6.07, 6.45) is 1.21. The molecule has 0 aliphatic carbocycles. The zero-order valence-electron chi connectivity index (χ0n) is 10.1. The van der Waals surface area contributed by atoms with Crippen LogP contribution in [0.3, 0.4) is 0 Å². The number of aromatic nitrogens is 1. The number of carbonyl (C=O) groups excluding carboxylic acids is 1. The number of piperidine rings is 1. The van der Waals surface area contributed by atoms with Gasteiger partial charge in [0.25, 0.3) is 0 Å². The lowest BCUT2D eigenvalue weighted by Gasteiger charge is -2.24. The van der Waals surface area contributed by atoms with Gasteiger partial charge in [-0.15, -0.1) is 0 Å². The van der Waals surface area contributed by atoms with Crippen molar-refractivity contribution in [1.29, 1.82) is 0 Å². The van der Waals surface area contributed by atoms with Gasteiger partial charge in [-0.2, -0.15) is 0 Å². The Morgan fingerprint density at radius 1 is 1.56 bits per heavy atom. The lowest BCUT2D eigenvalue weighted by molar-refractivity contribution is -0.122. The van der Waals surface area contributed by atoms with Crippen molar-refractivity contribution >= 4 is 17.7 Å². The van der Waals surface area contributed by atoms with Gasteiger partial charge in [-0.1, -0.05) is 0 Å². The number of hydrogen-bond acceptors (Lipinski definition) is 4. The maximum Gasteiger partial charge on any atom is 0.335 e. The fourth-order valence-electron chi connectivity index (χ4n) is 1.93. The molecule has 2 heterocycles. The zero-order chi connectivity index (χ0) is 13.1. The van der Waals surface area contributed by atoms with E-state index in [2.05, 4.69) is 15.6 Å². The first-order valence-corrected chi connectivity index (χ1v) is 5.80. The Labute approximate surface area is 104 Å². The number of aryl methyl sites for hydroxylation is 1. The molecule has 1 aromatic rings. The van der Waals surface area contributed by atoms with E-state index in [1.807, 2.05) is 0 Å². The highest BCUT2D eigenvalue weighted by atomic mass is 16.4. The molecule has 1 unspecified atom stereocenters. The van der Waals surface area contributed by atoms with E-state index in [4.69, 9.17) is 5.11 Å². The Hall–Kier alpha value is -2.11. The van der Waals surface area contributed by atoms with Gasteiger partial charge in [0.1, 0.15) is 5.82 Å². The predicted octanol–water partition coefficient (Wildman–Crippen LogP) is 0.779. The van der Waals surface area contributed by atoms with E-state index in [-0.39, 0.29) is 17.5 Å². The smallest absolute Gasteiger partial charge is 0.335 e. The van der Waals surface area contributed by atoms with Gasteiger partial charge in [0.2, 0.25) is 5.91 Å². The first-order chi connectivity index (χ1) is 8.54. The van der Waals surface area contributed by atoms with Crippen LogP contribution < -0.4 is 10.6 Å². The quantitative estimate of drug-likeness (QED) is 0.736. The van der Waals surface area contributed by atoms with Crippen LogP contribution in [-0.4, -0.2) is 34.6 Å².